The summed E-state index contributed by atoms with van der Waals surface area (Å²) in [6.45, 7) is 3.44. The number of benzene rings is 1. The van der Waals surface area contributed by atoms with Gasteiger partial charge in [0.05, 0.1) is 16.9 Å². The molecule has 0 aliphatic rings. The van der Waals surface area contributed by atoms with Gasteiger partial charge in [-0.25, -0.2) is 0 Å². The third-order valence-electron chi connectivity index (χ3n) is 3.63. The maximum Gasteiger partial charge on any atom is 0.272 e. The van der Waals surface area contributed by atoms with Crippen LogP contribution in [0.3, 0.4) is 0 Å². The van der Waals surface area contributed by atoms with Crippen molar-refractivity contribution in [2.75, 3.05) is 0 Å². The number of rotatable bonds is 2. The summed E-state index contributed by atoms with van der Waals surface area (Å²) in [5.41, 5.74) is 2.02. The Morgan fingerprint density at radius 1 is 1.23 bits per heavy atom. The highest BCUT2D eigenvalue weighted by Crippen LogP contribution is 2.23. The molecule has 3 rings (SSSR count). The van der Waals surface area contributed by atoms with Crippen LogP contribution in [0.1, 0.15) is 25.0 Å². The fraction of sp³-hybridized carbons (Fsp3) is 0.176. The van der Waals surface area contributed by atoms with Gasteiger partial charge in [0.25, 0.3) is 5.56 Å². The maximum atomic E-state index is 12.1. The number of nitrogens with zero attached hydrogens (tertiary/aromatic N) is 2. The molecule has 0 unspecified atom stereocenters. The summed E-state index contributed by atoms with van der Waals surface area (Å²) in [4.78, 5) is 14.9. The van der Waals surface area contributed by atoms with Crippen LogP contribution in [-0.2, 0) is 5.60 Å². The molecule has 0 aliphatic heterocycles. The number of H-pyrrole nitrogens is 1. The zero-order chi connectivity index (χ0) is 15.9. The van der Waals surface area contributed by atoms with Gasteiger partial charge in [-0.2, -0.15) is 5.26 Å². The van der Waals surface area contributed by atoms with Gasteiger partial charge in [-0.05, 0) is 31.0 Å². The monoisotopic (exact) mass is 293 g/mol. The third kappa shape index (κ3) is 2.41. The molecule has 2 aromatic heterocycles. The number of aromatic nitrogens is 2. The van der Waals surface area contributed by atoms with Crippen molar-refractivity contribution < 1.29 is 5.11 Å². The zero-order valence-corrected chi connectivity index (χ0v) is 12.3. The molecule has 3 aromatic rings. The van der Waals surface area contributed by atoms with Crippen molar-refractivity contribution in [1.82, 2.24) is 9.38 Å². The van der Waals surface area contributed by atoms with Gasteiger partial charge in [0.1, 0.15) is 11.6 Å². The Kier molecular flexibility index (Phi) is 3.12. The minimum atomic E-state index is -0.905. The molecule has 2 heterocycles. The highest BCUT2D eigenvalue weighted by molar-refractivity contribution is 5.62. The molecule has 0 fully saturated rings. The number of aliphatic hydroxyl groups is 1. The average molecular weight is 293 g/mol. The van der Waals surface area contributed by atoms with Crippen LogP contribution >= 0.6 is 0 Å². The largest absolute Gasteiger partial charge is 0.386 e. The predicted molar refractivity (Wildman–Crippen MR) is 83.4 cm³/mol. The molecule has 22 heavy (non-hydrogen) atoms. The van der Waals surface area contributed by atoms with Gasteiger partial charge in [-0.15, -0.1) is 0 Å². The van der Waals surface area contributed by atoms with Crippen molar-refractivity contribution in [3.63, 3.8) is 0 Å². The lowest BCUT2D eigenvalue weighted by Crippen LogP contribution is -2.15. The summed E-state index contributed by atoms with van der Waals surface area (Å²) in [7, 11) is 0. The minimum Gasteiger partial charge on any atom is -0.386 e. The van der Waals surface area contributed by atoms with Crippen molar-refractivity contribution in [1.29, 1.82) is 5.26 Å². The van der Waals surface area contributed by atoms with Crippen molar-refractivity contribution in [3.8, 4) is 17.3 Å². The third-order valence-corrected chi connectivity index (χ3v) is 3.63. The number of fused-ring (bicyclic) bond motifs is 1. The molecule has 0 bridgehead atoms. The summed E-state index contributed by atoms with van der Waals surface area (Å²) in [5.74, 6) is 0. The Labute approximate surface area is 127 Å². The van der Waals surface area contributed by atoms with E-state index in [1.165, 1.54) is 0 Å². The topological polar surface area (TPSA) is 81.3 Å². The molecule has 0 saturated carbocycles. The molecule has 0 aliphatic carbocycles. The second-order valence-electron chi connectivity index (χ2n) is 5.77. The second-order valence-corrected chi connectivity index (χ2v) is 5.77. The van der Waals surface area contributed by atoms with E-state index in [-0.39, 0.29) is 5.56 Å². The van der Waals surface area contributed by atoms with Crippen molar-refractivity contribution in [3.05, 3.63) is 64.2 Å². The van der Waals surface area contributed by atoms with Gasteiger partial charge in [0.2, 0.25) is 0 Å². The van der Waals surface area contributed by atoms with Crippen molar-refractivity contribution >= 4 is 5.52 Å². The fourth-order valence-electron chi connectivity index (χ4n) is 2.39. The Morgan fingerprint density at radius 2 is 1.91 bits per heavy atom. The van der Waals surface area contributed by atoms with Crippen LogP contribution in [0.15, 0.2) is 47.5 Å². The van der Waals surface area contributed by atoms with Crippen LogP contribution in [0, 0.1) is 11.3 Å². The molecule has 2 N–H and O–H groups in total. The summed E-state index contributed by atoms with van der Waals surface area (Å²) in [5, 5.41) is 18.9. The second kappa shape index (κ2) is 4.86. The first-order valence-corrected chi connectivity index (χ1v) is 6.87. The van der Waals surface area contributed by atoms with Crippen LogP contribution in [0.25, 0.3) is 16.8 Å². The molecule has 5 heteroatoms. The first-order valence-electron chi connectivity index (χ1n) is 6.87. The lowest BCUT2D eigenvalue weighted by Gasteiger charge is -2.17. The first kappa shape index (κ1) is 14.1. The van der Waals surface area contributed by atoms with E-state index in [1.807, 2.05) is 30.3 Å². The molecular formula is C17H15N3O2. The minimum absolute atomic E-state index is 0.245. The Balaban J connectivity index is 2.10. The normalized spacial score (nSPS) is 11.5. The Hall–Kier alpha value is -2.84. The van der Waals surface area contributed by atoms with E-state index >= 15 is 0 Å². The molecule has 5 nitrogen and oxygen atoms in total. The quantitative estimate of drug-likeness (QED) is 0.761. The van der Waals surface area contributed by atoms with Gasteiger partial charge in [-0.3, -0.25) is 4.79 Å². The molecule has 0 spiro atoms. The van der Waals surface area contributed by atoms with Crippen LogP contribution in [-0.4, -0.2) is 14.5 Å². The molecule has 110 valence electrons. The van der Waals surface area contributed by atoms with Gasteiger partial charge < -0.3 is 14.5 Å². The number of nitrogens with one attached hydrogen (secondary N) is 1. The van der Waals surface area contributed by atoms with Crippen LogP contribution in [0.4, 0.5) is 0 Å². The smallest absolute Gasteiger partial charge is 0.272 e. The highest BCUT2D eigenvalue weighted by atomic mass is 16.3. The Bertz CT molecular complexity index is 935. The van der Waals surface area contributed by atoms with E-state index in [9.17, 15) is 9.90 Å². The van der Waals surface area contributed by atoms with Crippen LogP contribution < -0.4 is 5.56 Å². The predicted octanol–water partition coefficient (Wildman–Crippen LogP) is 2.39. The van der Waals surface area contributed by atoms with Gasteiger partial charge in [0, 0.05) is 12.4 Å². The van der Waals surface area contributed by atoms with Crippen LogP contribution in [0.5, 0.6) is 0 Å². The number of hydrogen-bond acceptors (Lipinski definition) is 3. The number of nitriles is 1. The van der Waals surface area contributed by atoms with Crippen molar-refractivity contribution in [2.24, 2.45) is 0 Å². The van der Waals surface area contributed by atoms with Gasteiger partial charge >= 0.3 is 0 Å². The van der Waals surface area contributed by atoms with Gasteiger partial charge in [0.15, 0.2) is 0 Å². The summed E-state index contributed by atoms with van der Waals surface area (Å²) >= 11 is 0. The number of hydrogen-bond donors (Lipinski definition) is 2. The first-order chi connectivity index (χ1) is 10.4. The van der Waals surface area contributed by atoms with E-state index in [0.717, 1.165) is 11.1 Å². The average Bonchev–Trinajstić information content (AvgIpc) is 2.90. The van der Waals surface area contributed by atoms with E-state index in [2.05, 4.69) is 4.98 Å². The molecule has 0 amide bonds. The zero-order valence-electron chi connectivity index (χ0n) is 12.3. The van der Waals surface area contributed by atoms with E-state index < -0.39 is 5.60 Å². The fourth-order valence-corrected chi connectivity index (χ4v) is 2.39. The summed E-state index contributed by atoms with van der Waals surface area (Å²) < 4.78 is 1.65. The standard InChI is InChI=1S/C17H15N3O2/c1-17(2,22)13-5-3-12(4-6-13)14-10-20-9-11(8-18)7-15(20)16(21)19-14/h3-7,9-10,22H,1-2H3,(H,19,21). The summed E-state index contributed by atoms with van der Waals surface area (Å²) in [6.07, 6.45) is 3.40. The lowest BCUT2D eigenvalue weighted by molar-refractivity contribution is 0.0786. The molecular weight excluding hydrogens is 278 g/mol. The van der Waals surface area contributed by atoms with E-state index in [0.29, 0.717) is 16.8 Å². The summed E-state index contributed by atoms with van der Waals surface area (Å²) in [6, 6.07) is 10.9. The highest BCUT2D eigenvalue weighted by Gasteiger charge is 2.15. The van der Waals surface area contributed by atoms with E-state index in [1.54, 1.807) is 36.7 Å². The molecule has 1 aromatic carbocycles. The molecule has 0 saturated heterocycles. The van der Waals surface area contributed by atoms with E-state index in [4.69, 9.17) is 5.26 Å². The number of aromatic amines is 1. The SMILES string of the molecule is CC(C)(O)c1ccc(-c2cn3cc(C#N)cc3c(=O)[nH]2)cc1. The lowest BCUT2D eigenvalue weighted by atomic mass is 9.97. The van der Waals surface area contributed by atoms with Gasteiger partial charge in [-0.1, -0.05) is 24.3 Å². The van der Waals surface area contributed by atoms with Crippen LogP contribution in [0.2, 0.25) is 0 Å². The molecule has 0 atom stereocenters. The maximum absolute atomic E-state index is 12.1. The van der Waals surface area contributed by atoms with Crippen molar-refractivity contribution in [2.45, 2.75) is 19.4 Å². The Morgan fingerprint density at radius 3 is 2.50 bits per heavy atom. The molecule has 0 radical (unpaired) electrons.